The molecule has 126 valence electrons. The zero-order valence-electron chi connectivity index (χ0n) is 13.6. The second-order valence-corrected chi connectivity index (χ2v) is 6.38. The molecule has 6 nitrogen and oxygen atoms in total. The Morgan fingerprint density at radius 1 is 1.25 bits per heavy atom. The van der Waals surface area contributed by atoms with Crippen molar-refractivity contribution >= 4 is 23.2 Å². The third-order valence-electron chi connectivity index (χ3n) is 3.70. The maximum absolute atomic E-state index is 12.4. The van der Waals surface area contributed by atoms with Gasteiger partial charge in [-0.1, -0.05) is 11.6 Å². The number of hydrogen-bond donors (Lipinski definition) is 1. The van der Waals surface area contributed by atoms with E-state index in [4.69, 9.17) is 16.3 Å². The molecule has 1 aromatic carbocycles. The number of halogens is 1. The third kappa shape index (κ3) is 3.54. The summed E-state index contributed by atoms with van der Waals surface area (Å²) in [5, 5.41) is 7.69. The van der Waals surface area contributed by atoms with Crippen molar-refractivity contribution in [2.45, 2.75) is 26.0 Å². The van der Waals surface area contributed by atoms with Gasteiger partial charge in [0.25, 0.3) is 5.91 Å². The highest BCUT2D eigenvalue weighted by molar-refractivity contribution is 6.30. The van der Waals surface area contributed by atoms with Crippen LogP contribution in [0.2, 0.25) is 5.02 Å². The summed E-state index contributed by atoms with van der Waals surface area (Å²) in [6.45, 7) is 4.64. The molecular weight excluding hydrogens is 328 g/mol. The van der Waals surface area contributed by atoms with Crippen LogP contribution in [0.4, 0.5) is 0 Å². The highest BCUT2D eigenvalue weighted by Crippen LogP contribution is 2.21. The number of carbonyl (C=O) groups excluding carboxylic acids is 1. The van der Waals surface area contributed by atoms with Gasteiger partial charge in [0, 0.05) is 36.6 Å². The highest BCUT2D eigenvalue weighted by Gasteiger charge is 2.29. The number of nitrogens with zero attached hydrogens (tertiary/aromatic N) is 3. The molecule has 0 saturated heterocycles. The zero-order chi connectivity index (χ0) is 17.2. The summed E-state index contributed by atoms with van der Waals surface area (Å²) < 4.78 is 9.59. The lowest BCUT2D eigenvalue weighted by Gasteiger charge is -2.25. The van der Waals surface area contributed by atoms with Gasteiger partial charge in [-0.3, -0.25) is 4.79 Å². The first-order chi connectivity index (χ1) is 11.5. The van der Waals surface area contributed by atoms with Crippen molar-refractivity contribution < 1.29 is 9.53 Å². The molecule has 1 N–H and O–H groups in total. The monoisotopic (exact) mass is 346 g/mol. The van der Waals surface area contributed by atoms with Crippen LogP contribution >= 0.6 is 11.6 Å². The number of imidazole rings is 1. The lowest BCUT2D eigenvalue weighted by atomic mass is 10.1. The van der Waals surface area contributed by atoms with E-state index in [9.17, 15) is 4.79 Å². The molecular formula is C17H19ClN4O2. The van der Waals surface area contributed by atoms with Crippen molar-refractivity contribution in [1.82, 2.24) is 19.5 Å². The average molecular weight is 347 g/mol. The van der Waals surface area contributed by atoms with Crippen molar-refractivity contribution in [3.05, 3.63) is 53.9 Å². The van der Waals surface area contributed by atoms with Gasteiger partial charge in [0.15, 0.2) is 5.60 Å². The first-order valence-corrected chi connectivity index (χ1v) is 8.05. The molecule has 0 aliphatic carbocycles. The number of rotatable bonds is 6. The van der Waals surface area contributed by atoms with Crippen molar-refractivity contribution in [3.8, 4) is 5.75 Å². The van der Waals surface area contributed by atoms with Crippen LogP contribution in [0.25, 0.3) is 5.65 Å². The van der Waals surface area contributed by atoms with Gasteiger partial charge in [-0.2, -0.15) is 5.10 Å². The third-order valence-corrected chi connectivity index (χ3v) is 3.96. The Labute approximate surface area is 145 Å². The number of nitrogens with one attached hydrogen (secondary N) is 1. The fourth-order valence-electron chi connectivity index (χ4n) is 2.40. The van der Waals surface area contributed by atoms with Crippen molar-refractivity contribution in [2.24, 2.45) is 0 Å². The maximum atomic E-state index is 12.4. The molecule has 0 aliphatic rings. The molecule has 3 rings (SSSR count). The van der Waals surface area contributed by atoms with Gasteiger partial charge < -0.3 is 14.6 Å². The van der Waals surface area contributed by atoms with Crippen LogP contribution in [-0.2, 0) is 11.3 Å². The predicted molar refractivity (Wildman–Crippen MR) is 92.4 cm³/mol. The normalized spacial score (nSPS) is 11.6. The van der Waals surface area contributed by atoms with Gasteiger partial charge in [-0.25, -0.2) is 4.52 Å². The van der Waals surface area contributed by atoms with Crippen molar-refractivity contribution in [1.29, 1.82) is 0 Å². The van der Waals surface area contributed by atoms with E-state index in [-0.39, 0.29) is 5.91 Å². The second-order valence-electron chi connectivity index (χ2n) is 5.95. The Morgan fingerprint density at radius 2 is 2.00 bits per heavy atom. The number of amides is 1. The lowest BCUT2D eigenvalue weighted by molar-refractivity contribution is -0.134. The molecule has 7 heteroatoms. The Morgan fingerprint density at radius 3 is 2.75 bits per heavy atom. The molecule has 0 atom stereocenters. The number of hydrogen-bond acceptors (Lipinski definition) is 3. The molecule has 0 bridgehead atoms. The van der Waals surface area contributed by atoms with Crippen molar-refractivity contribution in [2.75, 3.05) is 6.54 Å². The molecule has 1 amide bonds. The summed E-state index contributed by atoms with van der Waals surface area (Å²) >= 11 is 5.85. The van der Waals surface area contributed by atoms with E-state index in [1.54, 1.807) is 48.8 Å². The Kier molecular flexibility index (Phi) is 4.49. The first-order valence-electron chi connectivity index (χ1n) is 7.67. The number of benzene rings is 1. The van der Waals surface area contributed by atoms with E-state index in [1.165, 1.54) is 0 Å². The van der Waals surface area contributed by atoms with E-state index < -0.39 is 5.60 Å². The summed E-state index contributed by atoms with van der Waals surface area (Å²) in [6.07, 6.45) is 5.56. The van der Waals surface area contributed by atoms with E-state index in [2.05, 4.69) is 10.4 Å². The van der Waals surface area contributed by atoms with Crippen molar-refractivity contribution in [3.63, 3.8) is 0 Å². The molecule has 2 heterocycles. The van der Waals surface area contributed by atoms with Gasteiger partial charge in [0.05, 0.1) is 6.20 Å². The Balaban J connectivity index is 1.55. The largest absolute Gasteiger partial charge is 0.478 e. The van der Waals surface area contributed by atoms with Crippen LogP contribution in [0, 0.1) is 0 Å². The minimum absolute atomic E-state index is 0.172. The quantitative estimate of drug-likeness (QED) is 0.746. The predicted octanol–water partition coefficient (Wildman–Crippen LogP) is 2.76. The minimum atomic E-state index is -0.976. The average Bonchev–Trinajstić information content (AvgIpc) is 3.14. The fourth-order valence-corrected chi connectivity index (χ4v) is 2.53. The van der Waals surface area contributed by atoms with E-state index in [0.29, 0.717) is 23.9 Å². The van der Waals surface area contributed by atoms with Crippen LogP contribution in [0.1, 0.15) is 13.8 Å². The number of carbonyl (C=O) groups is 1. The van der Waals surface area contributed by atoms with Gasteiger partial charge in [-0.15, -0.1) is 0 Å². The summed E-state index contributed by atoms with van der Waals surface area (Å²) in [5.74, 6) is 0.431. The summed E-state index contributed by atoms with van der Waals surface area (Å²) in [4.78, 5) is 12.4. The molecule has 0 spiro atoms. The molecule has 0 aliphatic heterocycles. The standard InChI is InChI=1S/C17H19ClN4O2/c1-17(2,24-14-5-3-13(18)4-6-14)16(23)19-9-10-21-11-12-22-15(21)7-8-20-22/h3-8,11-12H,9-10H2,1-2H3,(H,19,23). The van der Waals surface area contributed by atoms with Crippen LogP contribution < -0.4 is 10.1 Å². The van der Waals surface area contributed by atoms with Gasteiger partial charge in [-0.05, 0) is 38.1 Å². The molecule has 3 aromatic rings. The fraction of sp³-hybridized carbons (Fsp3) is 0.294. The molecule has 0 unspecified atom stereocenters. The van der Waals surface area contributed by atoms with Gasteiger partial charge in [0.2, 0.25) is 0 Å². The highest BCUT2D eigenvalue weighted by atomic mass is 35.5. The number of fused-ring (bicyclic) bond motifs is 1. The van der Waals surface area contributed by atoms with Crippen LogP contribution in [0.5, 0.6) is 5.75 Å². The summed E-state index contributed by atoms with van der Waals surface area (Å²) in [7, 11) is 0. The topological polar surface area (TPSA) is 60.6 Å². The molecule has 24 heavy (non-hydrogen) atoms. The minimum Gasteiger partial charge on any atom is -0.478 e. The number of aromatic nitrogens is 3. The summed E-state index contributed by atoms with van der Waals surface area (Å²) in [6, 6.07) is 8.87. The van der Waals surface area contributed by atoms with Crippen LogP contribution in [0.3, 0.4) is 0 Å². The van der Waals surface area contributed by atoms with E-state index in [1.807, 2.05) is 23.0 Å². The van der Waals surface area contributed by atoms with Gasteiger partial charge >= 0.3 is 0 Å². The van der Waals surface area contributed by atoms with Crippen LogP contribution in [0.15, 0.2) is 48.9 Å². The van der Waals surface area contributed by atoms with Crippen LogP contribution in [-0.4, -0.2) is 32.2 Å². The van der Waals surface area contributed by atoms with Gasteiger partial charge in [0.1, 0.15) is 11.4 Å². The maximum Gasteiger partial charge on any atom is 0.263 e. The summed E-state index contributed by atoms with van der Waals surface area (Å²) in [5.41, 5.74) is 0.0112. The molecule has 2 aromatic heterocycles. The second kappa shape index (κ2) is 6.57. The zero-order valence-corrected chi connectivity index (χ0v) is 14.3. The Hall–Kier alpha value is -2.47. The molecule has 0 radical (unpaired) electrons. The van der Waals surface area contributed by atoms with E-state index >= 15 is 0 Å². The van der Waals surface area contributed by atoms with E-state index in [0.717, 1.165) is 5.65 Å². The first kappa shape index (κ1) is 16.4. The Bertz CT molecular complexity index is 836. The number of ether oxygens (including phenoxy) is 1. The smallest absolute Gasteiger partial charge is 0.263 e. The lowest BCUT2D eigenvalue weighted by Crippen LogP contribution is -2.47. The molecule has 0 saturated carbocycles. The SMILES string of the molecule is CC(C)(Oc1ccc(Cl)cc1)C(=O)NCCn1ccn2nccc12. The molecule has 0 fully saturated rings.